The lowest BCUT2D eigenvalue weighted by molar-refractivity contribution is 0.394. The quantitative estimate of drug-likeness (QED) is 0.157. The molecule has 78 heavy (non-hydrogen) atoms. The van der Waals surface area contributed by atoms with Crippen LogP contribution < -0.4 is 0 Å². The normalized spacial score (nSPS) is 13.9. The topological polar surface area (TPSA) is 9.86 Å². The smallest absolute Gasteiger partial charge is 0.123 e. The minimum Gasteiger partial charge on any atom is -0.308 e. The minimum absolute atomic E-state index is 0.00440. The first kappa shape index (κ1) is 45.5. The fourth-order valence-electron chi connectivity index (χ4n) is 13.9. The van der Waals surface area contributed by atoms with Crippen LogP contribution >= 0.6 is 22.7 Å². The van der Waals surface area contributed by atoms with E-state index in [0.29, 0.717) is 0 Å². The molecule has 4 aromatic heterocycles. The SMILES string of the molecule is CC(C)(c1c(-c2ccc(F)cc2)c(-n2c3ccccc3c3c4sc5ccccc5c4ccc32)cc(-n2c3ccccc3c3c4sc5ccccc5c4ccc32)c1-c1ccc(F)cc1)C1CCc2ccccc2-c2ccccc21. The van der Waals surface area contributed by atoms with Crippen molar-refractivity contribution in [2.24, 2.45) is 0 Å². The van der Waals surface area contributed by atoms with Crippen molar-refractivity contribution in [2.45, 2.75) is 38.0 Å². The van der Waals surface area contributed by atoms with Crippen LogP contribution in [0.2, 0.25) is 0 Å². The van der Waals surface area contributed by atoms with Crippen LogP contribution in [0.5, 0.6) is 0 Å². The summed E-state index contributed by atoms with van der Waals surface area (Å²) in [4.78, 5) is 0. The van der Waals surface area contributed by atoms with Crippen molar-refractivity contribution in [1.82, 2.24) is 9.13 Å². The molecule has 0 bridgehead atoms. The molecular formula is C72H48F2N2S2. The number of hydrogen-bond acceptors (Lipinski definition) is 2. The summed E-state index contributed by atoms with van der Waals surface area (Å²) >= 11 is 3.70. The van der Waals surface area contributed by atoms with Gasteiger partial charge in [0.25, 0.3) is 0 Å². The molecule has 1 aliphatic rings. The Kier molecular flexibility index (Phi) is 10.0. The molecule has 2 nitrogen and oxygen atoms in total. The third-order valence-electron chi connectivity index (χ3n) is 17.3. The molecule has 1 atom stereocenters. The molecule has 0 amide bonds. The summed E-state index contributed by atoms with van der Waals surface area (Å²) in [6.07, 6.45) is 1.77. The van der Waals surface area contributed by atoms with Crippen LogP contribution in [0.15, 0.2) is 224 Å². The Morgan fingerprint density at radius 3 is 1.41 bits per heavy atom. The molecule has 0 fully saturated rings. The largest absolute Gasteiger partial charge is 0.308 e. The van der Waals surface area contributed by atoms with Gasteiger partial charge in [-0.3, -0.25) is 0 Å². The molecule has 1 aliphatic carbocycles. The molecule has 0 aliphatic heterocycles. The highest BCUT2D eigenvalue weighted by Gasteiger charge is 2.41. The first-order valence-corrected chi connectivity index (χ1v) is 28.5. The van der Waals surface area contributed by atoms with Crippen molar-refractivity contribution in [1.29, 1.82) is 0 Å². The number of fused-ring (bicyclic) bond motifs is 17. The average Bonchev–Trinajstić information content (AvgIpc) is 4.32. The molecule has 0 saturated heterocycles. The van der Waals surface area contributed by atoms with Gasteiger partial charge in [0, 0.05) is 73.0 Å². The van der Waals surface area contributed by atoms with E-state index < -0.39 is 5.41 Å². The Balaban J connectivity index is 1.13. The highest BCUT2D eigenvalue weighted by atomic mass is 32.1. The zero-order chi connectivity index (χ0) is 52.0. The molecule has 0 N–H and O–H groups in total. The molecule has 372 valence electrons. The summed E-state index contributed by atoms with van der Waals surface area (Å²) < 4.78 is 41.3. The molecular weight excluding hydrogens is 995 g/mol. The van der Waals surface area contributed by atoms with Crippen LogP contribution in [0.25, 0.3) is 129 Å². The van der Waals surface area contributed by atoms with Gasteiger partial charge in [-0.15, -0.1) is 22.7 Å². The molecule has 15 aromatic rings. The Morgan fingerprint density at radius 1 is 0.423 bits per heavy atom. The maximum Gasteiger partial charge on any atom is 0.123 e. The molecule has 0 radical (unpaired) electrons. The fraction of sp³-hybridized carbons (Fsp3) is 0.0833. The van der Waals surface area contributed by atoms with Gasteiger partial charge in [0.2, 0.25) is 0 Å². The zero-order valence-electron chi connectivity index (χ0n) is 42.8. The van der Waals surface area contributed by atoms with Crippen LogP contribution in [-0.4, -0.2) is 9.13 Å². The lowest BCUT2D eigenvalue weighted by atomic mass is 9.64. The second-order valence-corrected chi connectivity index (χ2v) is 23.8. The van der Waals surface area contributed by atoms with Crippen LogP contribution in [0.3, 0.4) is 0 Å². The molecule has 0 saturated carbocycles. The van der Waals surface area contributed by atoms with Gasteiger partial charge in [0.05, 0.1) is 33.4 Å². The second kappa shape index (κ2) is 17.2. The number of aromatic nitrogens is 2. The van der Waals surface area contributed by atoms with E-state index in [0.717, 1.165) is 74.1 Å². The summed E-state index contributed by atoms with van der Waals surface area (Å²) in [5.41, 5.74) is 15.7. The Hall–Kier alpha value is -8.68. The maximum atomic E-state index is 15.7. The molecule has 0 spiro atoms. The van der Waals surface area contributed by atoms with Gasteiger partial charge < -0.3 is 9.13 Å². The van der Waals surface area contributed by atoms with E-state index in [9.17, 15) is 0 Å². The van der Waals surface area contributed by atoms with Crippen molar-refractivity contribution >= 4 is 107 Å². The van der Waals surface area contributed by atoms with Gasteiger partial charge in [0.15, 0.2) is 0 Å². The van der Waals surface area contributed by atoms with Gasteiger partial charge in [-0.25, -0.2) is 8.78 Å². The Bertz CT molecular complexity index is 4720. The highest BCUT2D eigenvalue weighted by molar-refractivity contribution is 7.27. The molecule has 1 unspecified atom stereocenters. The molecule has 11 aromatic carbocycles. The van der Waals surface area contributed by atoms with E-state index in [1.807, 2.05) is 46.9 Å². The van der Waals surface area contributed by atoms with E-state index in [-0.39, 0.29) is 17.6 Å². The van der Waals surface area contributed by atoms with Crippen molar-refractivity contribution in [2.75, 3.05) is 0 Å². The molecule has 16 rings (SSSR count). The van der Waals surface area contributed by atoms with Crippen LogP contribution in [0, 0.1) is 11.6 Å². The summed E-state index contributed by atoms with van der Waals surface area (Å²) in [5, 5.41) is 9.73. The number of rotatable bonds is 6. The lowest BCUT2D eigenvalue weighted by Crippen LogP contribution is -2.30. The lowest BCUT2D eigenvalue weighted by Gasteiger charge is -2.40. The third-order valence-corrected chi connectivity index (χ3v) is 19.7. The van der Waals surface area contributed by atoms with Gasteiger partial charge in [-0.1, -0.05) is 172 Å². The van der Waals surface area contributed by atoms with Crippen LogP contribution in [-0.2, 0) is 11.8 Å². The Morgan fingerprint density at radius 2 is 0.872 bits per heavy atom. The second-order valence-electron chi connectivity index (χ2n) is 21.7. The number of para-hydroxylation sites is 2. The van der Waals surface area contributed by atoms with Gasteiger partial charge in [0.1, 0.15) is 11.6 Å². The van der Waals surface area contributed by atoms with E-state index in [4.69, 9.17) is 0 Å². The summed E-state index contributed by atoms with van der Waals surface area (Å²) in [7, 11) is 0. The monoisotopic (exact) mass is 1040 g/mol. The summed E-state index contributed by atoms with van der Waals surface area (Å²) in [6.45, 7) is 4.87. The first-order valence-electron chi connectivity index (χ1n) is 26.9. The zero-order valence-corrected chi connectivity index (χ0v) is 44.5. The summed E-state index contributed by atoms with van der Waals surface area (Å²) in [5.74, 6) is -0.599. The fourth-order valence-corrected chi connectivity index (χ4v) is 16.4. The summed E-state index contributed by atoms with van der Waals surface area (Å²) in [6, 6.07) is 79.0. The molecule has 4 heterocycles. The van der Waals surface area contributed by atoms with Gasteiger partial charge in [-0.2, -0.15) is 0 Å². The number of nitrogens with zero attached hydrogens (tertiary/aromatic N) is 2. The van der Waals surface area contributed by atoms with Crippen molar-refractivity contribution < 1.29 is 8.78 Å². The molecule has 6 heteroatoms. The number of thiophene rings is 2. The van der Waals surface area contributed by atoms with E-state index >= 15 is 8.78 Å². The number of aryl methyl sites for hydroxylation is 1. The number of benzene rings is 11. The standard InChI is InChI=1S/C72H48F2N2S2/c1-72(2,56-38-31-42-15-3-4-16-47(42)48-17-5-6-18-49(48)56)69-65(43-27-32-45(73)33-28-43)61(75-57-23-11-7-21-54(57)67-59(75)39-36-52-50-19-9-13-25-63(50)77-70(52)67)41-62(66(69)44-29-34-46(74)35-30-44)76-58-24-12-8-22-55(58)68-60(76)40-37-53-51-20-10-14-26-64(51)78-71(53)68/h3-30,32-37,39-41,56H,31,38H2,1-2H3. The predicted octanol–water partition coefficient (Wildman–Crippen LogP) is 20.9. The minimum atomic E-state index is -0.647. The van der Waals surface area contributed by atoms with Crippen molar-refractivity contribution in [3.05, 3.63) is 253 Å². The Labute approximate surface area is 457 Å². The van der Waals surface area contributed by atoms with E-state index in [1.165, 1.54) is 84.1 Å². The maximum absolute atomic E-state index is 15.7. The average molecular weight is 1040 g/mol. The first-order chi connectivity index (χ1) is 38.3. The van der Waals surface area contributed by atoms with Crippen LogP contribution in [0.1, 0.15) is 42.9 Å². The predicted molar refractivity (Wildman–Crippen MR) is 328 cm³/mol. The number of halogens is 2. The van der Waals surface area contributed by atoms with Crippen molar-refractivity contribution in [3.8, 4) is 44.8 Å². The highest BCUT2D eigenvalue weighted by Crippen LogP contribution is 2.57. The third kappa shape index (κ3) is 6.57. The van der Waals surface area contributed by atoms with Crippen LogP contribution in [0.4, 0.5) is 8.78 Å². The van der Waals surface area contributed by atoms with E-state index in [2.05, 4.69) is 199 Å². The van der Waals surface area contributed by atoms with E-state index in [1.54, 1.807) is 24.3 Å². The number of hydrogen-bond donors (Lipinski definition) is 0. The van der Waals surface area contributed by atoms with Gasteiger partial charge >= 0.3 is 0 Å². The van der Waals surface area contributed by atoms with Gasteiger partial charge in [-0.05, 0) is 130 Å². The van der Waals surface area contributed by atoms with Crippen molar-refractivity contribution in [3.63, 3.8) is 0 Å².